The second-order valence-electron chi connectivity index (χ2n) is 5.44. The number of halogens is 4. The highest BCUT2D eigenvalue weighted by Crippen LogP contribution is 2.38. The summed E-state index contributed by atoms with van der Waals surface area (Å²) >= 11 is 5.60. The van der Waals surface area contributed by atoms with Crippen LogP contribution < -0.4 is 0 Å². The van der Waals surface area contributed by atoms with Gasteiger partial charge in [0.1, 0.15) is 0 Å². The molecule has 8 heteroatoms. The summed E-state index contributed by atoms with van der Waals surface area (Å²) in [5.74, 6) is 0.253. The molecule has 1 aromatic rings. The summed E-state index contributed by atoms with van der Waals surface area (Å²) in [4.78, 5) is -0.724. The first-order valence-corrected chi connectivity index (χ1v) is 8.85. The van der Waals surface area contributed by atoms with Gasteiger partial charge in [-0.2, -0.15) is 17.5 Å². The Morgan fingerprint density at radius 3 is 2.45 bits per heavy atom. The summed E-state index contributed by atoms with van der Waals surface area (Å²) in [5, 5.41) is -0.143. The fraction of sp³-hybridized carbons (Fsp3) is 0.571. The van der Waals surface area contributed by atoms with Crippen molar-refractivity contribution in [3.05, 3.63) is 28.8 Å². The first kappa shape index (κ1) is 17.6. The summed E-state index contributed by atoms with van der Waals surface area (Å²) in [7, 11) is -4.19. The first-order valence-electron chi connectivity index (χ1n) is 7.03. The molecule has 1 aliphatic carbocycles. The fourth-order valence-electron chi connectivity index (χ4n) is 2.24. The van der Waals surface area contributed by atoms with Crippen molar-refractivity contribution in [2.24, 2.45) is 5.92 Å². The third-order valence-corrected chi connectivity index (χ3v) is 5.65. The van der Waals surface area contributed by atoms with Gasteiger partial charge in [-0.15, -0.1) is 0 Å². The second kappa shape index (κ2) is 6.37. The highest BCUT2D eigenvalue weighted by atomic mass is 35.5. The van der Waals surface area contributed by atoms with E-state index in [-0.39, 0.29) is 24.0 Å². The minimum absolute atomic E-state index is 0.143. The van der Waals surface area contributed by atoms with Crippen LogP contribution in [0.4, 0.5) is 13.2 Å². The smallest absolute Gasteiger partial charge is 0.207 e. The van der Waals surface area contributed by atoms with E-state index in [4.69, 9.17) is 11.6 Å². The predicted molar refractivity (Wildman–Crippen MR) is 78.2 cm³/mol. The van der Waals surface area contributed by atoms with Crippen molar-refractivity contribution in [2.75, 3.05) is 13.1 Å². The molecule has 1 aromatic carbocycles. The Bertz CT molecular complexity index is 642. The molecule has 0 spiro atoms. The van der Waals surface area contributed by atoms with Gasteiger partial charge in [0.2, 0.25) is 10.0 Å². The predicted octanol–water partition coefficient (Wildman–Crippen LogP) is 4.17. The number of sulfonamides is 1. The van der Waals surface area contributed by atoms with E-state index in [1.165, 1.54) is 6.07 Å². The lowest BCUT2D eigenvalue weighted by Crippen LogP contribution is -2.34. The summed E-state index contributed by atoms with van der Waals surface area (Å²) in [5.41, 5.74) is -1.21. The van der Waals surface area contributed by atoms with Gasteiger partial charge in [-0.05, 0) is 43.4 Å². The number of nitrogens with zero attached hydrogens (tertiary/aromatic N) is 1. The van der Waals surface area contributed by atoms with E-state index in [0.717, 1.165) is 23.2 Å². The molecule has 0 bridgehead atoms. The summed E-state index contributed by atoms with van der Waals surface area (Å²) < 4.78 is 65.9. The summed E-state index contributed by atoms with van der Waals surface area (Å²) in [6.07, 6.45) is -2.39. The van der Waals surface area contributed by atoms with Gasteiger partial charge >= 0.3 is 6.18 Å². The van der Waals surface area contributed by atoms with Gasteiger partial charge < -0.3 is 0 Å². The van der Waals surface area contributed by atoms with Crippen molar-refractivity contribution in [3.63, 3.8) is 0 Å². The Balaban J connectivity index is 2.47. The lowest BCUT2D eigenvalue weighted by atomic mass is 10.2. The molecule has 0 heterocycles. The van der Waals surface area contributed by atoms with Crippen LogP contribution in [0.25, 0.3) is 0 Å². The molecule has 2 rings (SSSR count). The lowest BCUT2D eigenvalue weighted by Gasteiger charge is -2.23. The van der Waals surface area contributed by atoms with E-state index >= 15 is 0 Å². The van der Waals surface area contributed by atoms with Crippen molar-refractivity contribution in [2.45, 2.75) is 37.3 Å². The highest BCUT2D eigenvalue weighted by Gasteiger charge is 2.40. The van der Waals surface area contributed by atoms with E-state index in [1.807, 2.05) is 0 Å². The van der Waals surface area contributed by atoms with Gasteiger partial charge in [0.25, 0.3) is 0 Å². The van der Waals surface area contributed by atoms with Crippen molar-refractivity contribution in [3.8, 4) is 0 Å². The normalized spacial score (nSPS) is 16.3. The fourth-order valence-corrected chi connectivity index (χ4v) is 4.21. The average molecular weight is 356 g/mol. The van der Waals surface area contributed by atoms with Crippen LogP contribution in [-0.2, 0) is 16.2 Å². The van der Waals surface area contributed by atoms with Crippen LogP contribution >= 0.6 is 11.6 Å². The molecule has 0 aliphatic heterocycles. The van der Waals surface area contributed by atoms with E-state index in [2.05, 4.69) is 0 Å². The quantitative estimate of drug-likeness (QED) is 0.768. The van der Waals surface area contributed by atoms with E-state index in [1.54, 1.807) is 6.92 Å². The second-order valence-corrected chi connectivity index (χ2v) is 7.79. The minimum atomic E-state index is -4.77. The topological polar surface area (TPSA) is 37.4 Å². The van der Waals surface area contributed by atoms with E-state index in [0.29, 0.717) is 12.5 Å². The van der Waals surface area contributed by atoms with Gasteiger partial charge in [-0.25, -0.2) is 8.42 Å². The van der Waals surface area contributed by atoms with Crippen LogP contribution in [0.1, 0.15) is 31.7 Å². The van der Waals surface area contributed by atoms with Crippen LogP contribution in [0.15, 0.2) is 23.1 Å². The molecule has 3 nitrogen and oxygen atoms in total. The summed E-state index contributed by atoms with van der Waals surface area (Å²) in [6, 6.07) is 2.77. The Morgan fingerprint density at radius 1 is 1.32 bits per heavy atom. The van der Waals surface area contributed by atoms with Gasteiger partial charge in [0, 0.05) is 18.1 Å². The first-order chi connectivity index (χ1) is 10.2. The largest absolute Gasteiger partial charge is 0.417 e. The maximum Gasteiger partial charge on any atom is 0.417 e. The molecular weight excluding hydrogens is 339 g/mol. The molecule has 1 saturated carbocycles. The van der Waals surface area contributed by atoms with Gasteiger partial charge in [-0.3, -0.25) is 0 Å². The number of benzene rings is 1. The van der Waals surface area contributed by atoms with Gasteiger partial charge in [-0.1, -0.05) is 18.5 Å². The van der Waals surface area contributed by atoms with Crippen molar-refractivity contribution >= 4 is 21.6 Å². The molecular formula is C14H17ClF3NO2S. The highest BCUT2D eigenvalue weighted by molar-refractivity contribution is 7.89. The zero-order valence-electron chi connectivity index (χ0n) is 12.0. The molecule has 0 amide bonds. The molecule has 22 heavy (non-hydrogen) atoms. The van der Waals surface area contributed by atoms with Crippen LogP contribution in [0.5, 0.6) is 0 Å². The molecule has 0 unspecified atom stereocenters. The molecule has 0 atom stereocenters. The zero-order valence-corrected chi connectivity index (χ0v) is 13.6. The van der Waals surface area contributed by atoms with Gasteiger partial charge in [0.05, 0.1) is 10.5 Å². The third kappa shape index (κ3) is 3.94. The Labute approximate surface area is 133 Å². The molecule has 1 fully saturated rings. The van der Waals surface area contributed by atoms with Crippen LogP contribution in [0.2, 0.25) is 5.02 Å². The molecule has 0 aromatic heterocycles. The van der Waals surface area contributed by atoms with Crippen molar-refractivity contribution in [1.29, 1.82) is 0 Å². The van der Waals surface area contributed by atoms with Crippen LogP contribution in [-0.4, -0.2) is 25.8 Å². The molecule has 124 valence electrons. The Morgan fingerprint density at radius 2 is 1.95 bits per heavy atom. The minimum Gasteiger partial charge on any atom is -0.207 e. The van der Waals surface area contributed by atoms with Crippen LogP contribution in [0, 0.1) is 5.92 Å². The molecule has 1 aliphatic rings. The summed E-state index contributed by atoms with van der Waals surface area (Å²) in [6.45, 7) is 2.27. The van der Waals surface area contributed by atoms with E-state index < -0.39 is 26.7 Å². The number of rotatable bonds is 6. The number of hydrogen-bond donors (Lipinski definition) is 0. The molecule has 0 radical (unpaired) electrons. The third-order valence-electron chi connectivity index (χ3n) is 3.50. The number of hydrogen-bond acceptors (Lipinski definition) is 2. The monoisotopic (exact) mass is 355 g/mol. The lowest BCUT2D eigenvalue weighted by molar-refractivity contribution is -0.139. The maximum atomic E-state index is 13.1. The zero-order chi connectivity index (χ0) is 16.5. The van der Waals surface area contributed by atoms with Crippen LogP contribution in [0.3, 0.4) is 0 Å². The van der Waals surface area contributed by atoms with E-state index in [9.17, 15) is 21.6 Å². The Kier molecular flexibility index (Phi) is 5.09. The molecule has 0 N–H and O–H groups in total. The Hall–Kier alpha value is -0.790. The standard InChI is InChI=1S/C14H17ClF3NO2S/c1-2-7-19(9-10-3-4-10)22(20,21)13-6-5-11(15)8-12(13)14(16,17)18/h5-6,8,10H,2-4,7,9H2,1H3. The number of alkyl halides is 3. The maximum absolute atomic E-state index is 13.1. The SMILES string of the molecule is CCCN(CC1CC1)S(=O)(=O)c1ccc(Cl)cc1C(F)(F)F. The average Bonchev–Trinajstić information content (AvgIpc) is 3.21. The molecule has 0 saturated heterocycles. The van der Waals surface area contributed by atoms with Crippen molar-refractivity contribution < 1.29 is 21.6 Å². The van der Waals surface area contributed by atoms with Gasteiger partial charge in [0.15, 0.2) is 0 Å². The van der Waals surface area contributed by atoms with Crippen molar-refractivity contribution in [1.82, 2.24) is 4.31 Å².